The van der Waals surface area contributed by atoms with Gasteiger partial charge in [-0.25, -0.2) is 4.98 Å². The minimum absolute atomic E-state index is 0.00818. The van der Waals surface area contributed by atoms with Crippen LogP contribution in [0, 0.1) is 6.92 Å². The van der Waals surface area contributed by atoms with Gasteiger partial charge in [0.2, 0.25) is 5.78 Å². The van der Waals surface area contributed by atoms with Crippen molar-refractivity contribution in [3.05, 3.63) is 49.9 Å². The van der Waals surface area contributed by atoms with Gasteiger partial charge in [-0.3, -0.25) is 9.69 Å². The van der Waals surface area contributed by atoms with Crippen molar-refractivity contribution in [1.82, 2.24) is 9.88 Å². The van der Waals surface area contributed by atoms with Crippen molar-refractivity contribution in [1.29, 1.82) is 0 Å². The second-order valence-electron chi connectivity index (χ2n) is 6.64. The van der Waals surface area contributed by atoms with Crippen LogP contribution < -0.4 is 4.74 Å². The molecule has 1 aliphatic heterocycles. The van der Waals surface area contributed by atoms with Crippen LogP contribution in [0.2, 0.25) is 0 Å². The van der Waals surface area contributed by atoms with E-state index in [0.29, 0.717) is 16.7 Å². The number of thiazole rings is 1. The van der Waals surface area contributed by atoms with Crippen LogP contribution in [0.15, 0.2) is 28.2 Å². The molecule has 1 aromatic heterocycles. The number of aryl methyl sites for hydroxylation is 1. The van der Waals surface area contributed by atoms with Gasteiger partial charge in [0.25, 0.3) is 0 Å². The van der Waals surface area contributed by atoms with Crippen LogP contribution in [0.5, 0.6) is 5.75 Å². The first-order chi connectivity index (χ1) is 13.1. The summed E-state index contributed by atoms with van der Waals surface area (Å²) in [6.07, 6.45) is 0.955. The summed E-state index contributed by atoms with van der Waals surface area (Å²) in [6, 6.07) is 5.75. The Hall–Kier alpha value is -1.54. The van der Waals surface area contributed by atoms with Gasteiger partial charge in [-0.15, -0.1) is 11.3 Å². The van der Waals surface area contributed by atoms with Crippen LogP contribution in [0.25, 0.3) is 5.57 Å². The number of ketones is 1. The van der Waals surface area contributed by atoms with E-state index in [1.54, 1.807) is 11.3 Å². The Kier molecular flexibility index (Phi) is 5.73. The van der Waals surface area contributed by atoms with E-state index in [0.717, 1.165) is 66.7 Å². The van der Waals surface area contributed by atoms with Gasteiger partial charge in [0.05, 0.1) is 35.5 Å². The predicted octanol–water partition coefficient (Wildman–Crippen LogP) is 3.90. The normalized spacial score (nSPS) is 17.5. The fraction of sp³-hybridized carbons (Fsp3) is 0.400. The smallest absolute Gasteiger partial charge is 0.201 e. The molecule has 5 nitrogen and oxygen atoms in total. The second-order valence-corrected chi connectivity index (χ2v) is 8.49. The van der Waals surface area contributed by atoms with Crippen molar-refractivity contribution in [2.75, 3.05) is 39.5 Å². The largest absolute Gasteiger partial charge is 0.494 e. The first-order valence-corrected chi connectivity index (χ1v) is 10.7. The number of carbonyl (C=O) groups is 1. The summed E-state index contributed by atoms with van der Waals surface area (Å²) in [5.74, 6) is 0.729. The van der Waals surface area contributed by atoms with Crippen molar-refractivity contribution < 1.29 is 14.3 Å². The molecule has 2 aliphatic rings. The van der Waals surface area contributed by atoms with Crippen molar-refractivity contribution in [3.8, 4) is 5.75 Å². The lowest BCUT2D eigenvalue weighted by molar-refractivity contribution is 0.0358. The minimum Gasteiger partial charge on any atom is -0.494 e. The standard InChI is InChI=1S/C20H21BrN2O3S/c1-13-19(22-12-27-13)17-15-4-3-14(11-16(15)20(24)18(17)21)26-8-2-5-23-6-9-25-10-7-23/h3-4,11-12H,2,5-10H2,1H3. The zero-order chi connectivity index (χ0) is 18.8. The number of allylic oxidation sites excluding steroid dienone is 1. The monoisotopic (exact) mass is 448 g/mol. The molecule has 1 fully saturated rings. The lowest BCUT2D eigenvalue weighted by Crippen LogP contribution is -2.37. The van der Waals surface area contributed by atoms with Gasteiger partial charge in [0, 0.05) is 35.6 Å². The maximum Gasteiger partial charge on any atom is 0.201 e. The van der Waals surface area contributed by atoms with Gasteiger partial charge in [0.1, 0.15) is 5.75 Å². The Morgan fingerprint density at radius 3 is 2.85 bits per heavy atom. The maximum absolute atomic E-state index is 12.7. The zero-order valence-corrected chi connectivity index (χ0v) is 17.6. The fourth-order valence-corrected chi connectivity index (χ4v) is 4.65. The lowest BCUT2D eigenvalue weighted by Gasteiger charge is -2.26. The third-order valence-corrected chi connectivity index (χ3v) is 6.41. The number of benzene rings is 1. The molecule has 142 valence electrons. The average molecular weight is 449 g/mol. The van der Waals surface area contributed by atoms with Gasteiger partial charge in [-0.2, -0.15) is 0 Å². The number of morpholine rings is 1. The van der Waals surface area contributed by atoms with Crippen molar-refractivity contribution in [3.63, 3.8) is 0 Å². The molecule has 4 rings (SSSR count). The second kappa shape index (κ2) is 8.22. The number of Topliss-reactive ketones (excluding diaryl/α,β-unsaturated/α-hetero) is 1. The fourth-order valence-electron chi connectivity index (χ4n) is 3.45. The van der Waals surface area contributed by atoms with E-state index in [-0.39, 0.29) is 5.78 Å². The molecule has 7 heteroatoms. The first kappa shape index (κ1) is 18.8. The summed E-state index contributed by atoms with van der Waals surface area (Å²) < 4.78 is 11.8. The van der Waals surface area contributed by atoms with Gasteiger partial charge in [-0.1, -0.05) is 0 Å². The van der Waals surface area contributed by atoms with Crippen molar-refractivity contribution >= 4 is 38.6 Å². The Morgan fingerprint density at radius 2 is 2.11 bits per heavy atom. The van der Waals surface area contributed by atoms with Crippen LogP contribution in [0.1, 0.15) is 32.9 Å². The van der Waals surface area contributed by atoms with Gasteiger partial charge in [-0.05, 0) is 53.0 Å². The number of carbonyl (C=O) groups excluding carboxylic acids is 1. The number of fused-ring (bicyclic) bond motifs is 1. The molecule has 0 amide bonds. The van der Waals surface area contributed by atoms with E-state index in [1.807, 2.05) is 30.6 Å². The number of aromatic nitrogens is 1. The highest BCUT2D eigenvalue weighted by atomic mass is 79.9. The van der Waals surface area contributed by atoms with Crippen LogP contribution in [-0.2, 0) is 4.74 Å². The van der Waals surface area contributed by atoms with E-state index in [1.165, 1.54) is 0 Å². The third kappa shape index (κ3) is 3.87. The Labute approximate surface area is 171 Å². The molecule has 1 aromatic carbocycles. The molecule has 0 N–H and O–H groups in total. The number of nitrogens with zero attached hydrogens (tertiary/aromatic N) is 2. The van der Waals surface area contributed by atoms with Gasteiger partial charge in [0.15, 0.2) is 0 Å². The molecule has 0 bridgehead atoms. The molecule has 27 heavy (non-hydrogen) atoms. The summed E-state index contributed by atoms with van der Waals surface area (Å²) >= 11 is 5.06. The average Bonchev–Trinajstić information content (AvgIpc) is 3.21. The van der Waals surface area contributed by atoms with Crippen LogP contribution in [-0.4, -0.2) is 55.1 Å². The highest BCUT2D eigenvalue weighted by molar-refractivity contribution is 9.12. The number of hydrogen-bond acceptors (Lipinski definition) is 6. The van der Waals surface area contributed by atoms with Crippen molar-refractivity contribution in [2.45, 2.75) is 13.3 Å². The summed E-state index contributed by atoms with van der Waals surface area (Å²) in [5.41, 5.74) is 5.16. The van der Waals surface area contributed by atoms with E-state index < -0.39 is 0 Å². The third-order valence-electron chi connectivity index (χ3n) is 4.90. The highest BCUT2D eigenvalue weighted by Crippen LogP contribution is 2.42. The molecule has 1 aliphatic carbocycles. The van der Waals surface area contributed by atoms with Crippen LogP contribution in [0.4, 0.5) is 0 Å². The maximum atomic E-state index is 12.7. The molecule has 2 aromatic rings. The molecule has 0 unspecified atom stereocenters. The molecular weight excluding hydrogens is 428 g/mol. The molecule has 0 spiro atoms. The quantitative estimate of drug-likeness (QED) is 0.627. The van der Waals surface area contributed by atoms with E-state index in [9.17, 15) is 4.79 Å². The topological polar surface area (TPSA) is 51.7 Å². The van der Waals surface area contributed by atoms with Crippen molar-refractivity contribution in [2.24, 2.45) is 0 Å². The molecule has 1 saturated heterocycles. The first-order valence-electron chi connectivity index (χ1n) is 9.07. The van der Waals surface area contributed by atoms with E-state index in [4.69, 9.17) is 9.47 Å². The number of hydrogen-bond donors (Lipinski definition) is 0. The molecule has 0 saturated carbocycles. The molecular formula is C20H21BrN2O3S. The van der Waals surface area contributed by atoms with Crippen LogP contribution >= 0.6 is 27.3 Å². The number of rotatable bonds is 6. The Balaban J connectivity index is 1.42. The highest BCUT2D eigenvalue weighted by Gasteiger charge is 2.31. The lowest BCUT2D eigenvalue weighted by atomic mass is 10.0. The predicted molar refractivity (Wildman–Crippen MR) is 110 cm³/mol. The van der Waals surface area contributed by atoms with Crippen LogP contribution in [0.3, 0.4) is 0 Å². The molecule has 0 atom stereocenters. The summed E-state index contributed by atoms with van der Waals surface area (Å²) in [5, 5.41) is 0. The Bertz CT molecular complexity index is 887. The SMILES string of the molecule is Cc1scnc1C1=C(Br)C(=O)c2cc(OCCCN3CCOCC3)ccc21. The zero-order valence-electron chi connectivity index (χ0n) is 15.2. The van der Waals surface area contributed by atoms with E-state index in [2.05, 4.69) is 25.8 Å². The molecule has 0 radical (unpaired) electrons. The summed E-state index contributed by atoms with van der Waals surface area (Å²) in [7, 11) is 0. The number of halogens is 1. The minimum atomic E-state index is -0.00818. The summed E-state index contributed by atoms with van der Waals surface area (Å²) in [4.78, 5) is 20.6. The van der Waals surface area contributed by atoms with Gasteiger partial charge >= 0.3 is 0 Å². The van der Waals surface area contributed by atoms with E-state index >= 15 is 0 Å². The Morgan fingerprint density at radius 1 is 1.30 bits per heavy atom. The number of ether oxygens (including phenoxy) is 2. The van der Waals surface area contributed by atoms with Gasteiger partial charge < -0.3 is 9.47 Å². The summed E-state index contributed by atoms with van der Waals surface area (Å²) in [6.45, 7) is 7.28. The molecule has 2 heterocycles.